The average Bonchev–Trinajstić information content (AvgIpc) is 3.24. The molecular formula is C22H25N5O2S. The first-order chi connectivity index (χ1) is 14.6. The molecule has 0 atom stereocenters. The molecule has 0 aromatic carbocycles. The van der Waals surface area contributed by atoms with Gasteiger partial charge in [0, 0.05) is 31.9 Å². The molecule has 30 heavy (non-hydrogen) atoms. The Bertz CT molecular complexity index is 1010. The second kappa shape index (κ2) is 9.21. The van der Waals surface area contributed by atoms with Gasteiger partial charge in [0.2, 0.25) is 0 Å². The summed E-state index contributed by atoms with van der Waals surface area (Å²) in [6, 6.07) is 9.94. The molecular weight excluding hydrogens is 398 g/mol. The number of hydrogen-bond donors (Lipinski definition) is 2. The largest absolute Gasteiger partial charge is 0.481 e. The highest BCUT2D eigenvalue weighted by Gasteiger charge is 2.23. The lowest BCUT2D eigenvalue weighted by molar-refractivity contribution is -0.138. The molecule has 8 heteroatoms. The summed E-state index contributed by atoms with van der Waals surface area (Å²) in [7, 11) is 0. The molecule has 3 aromatic heterocycles. The van der Waals surface area contributed by atoms with Crippen LogP contribution in [0.3, 0.4) is 0 Å². The number of hydrogen-bond acceptors (Lipinski definition) is 7. The van der Waals surface area contributed by atoms with Gasteiger partial charge in [-0.15, -0.1) is 0 Å². The summed E-state index contributed by atoms with van der Waals surface area (Å²) in [4.78, 5) is 27.9. The summed E-state index contributed by atoms with van der Waals surface area (Å²) < 4.78 is 0. The van der Waals surface area contributed by atoms with Crippen molar-refractivity contribution >= 4 is 34.1 Å². The number of carbonyl (C=O) groups is 1. The summed E-state index contributed by atoms with van der Waals surface area (Å²) in [5.41, 5.74) is 2.10. The number of rotatable bonds is 7. The van der Waals surface area contributed by atoms with Crippen LogP contribution < -0.4 is 10.2 Å². The van der Waals surface area contributed by atoms with E-state index in [-0.39, 0.29) is 12.3 Å². The first-order valence-electron chi connectivity index (χ1n) is 10.2. The fourth-order valence-corrected chi connectivity index (χ4v) is 4.58. The maximum atomic E-state index is 10.9. The van der Waals surface area contributed by atoms with Gasteiger partial charge in [0.05, 0.1) is 10.6 Å². The van der Waals surface area contributed by atoms with E-state index in [0.717, 1.165) is 59.7 Å². The van der Waals surface area contributed by atoms with Crippen molar-refractivity contribution in [1.82, 2.24) is 15.0 Å². The molecule has 0 amide bonds. The van der Waals surface area contributed by atoms with Crippen LogP contribution in [0.1, 0.15) is 31.7 Å². The van der Waals surface area contributed by atoms with Gasteiger partial charge in [-0.1, -0.05) is 24.3 Å². The first-order valence-corrected chi connectivity index (χ1v) is 11.0. The van der Waals surface area contributed by atoms with Crippen molar-refractivity contribution in [2.45, 2.75) is 32.6 Å². The third-order valence-corrected chi connectivity index (χ3v) is 6.41. The van der Waals surface area contributed by atoms with E-state index < -0.39 is 5.97 Å². The highest BCUT2D eigenvalue weighted by molar-refractivity contribution is 7.18. The van der Waals surface area contributed by atoms with Crippen molar-refractivity contribution in [1.29, 1.82) is 0 Å². The molecule has 3 aromatic rings. The van der Waals surface area contributed by atoms with E-state index >= 15 is 0 Å². The van der Waals surface area contributed by atoms with Crippen LogP contribution in [0.4, 0.5) is 16.8 Å². The summed E-state index contributed by atoms with van der Waals surface area (Å²) in [5.74, 6) is 1.09. The second-order valence-electron chi connectivity index (χ2n) is 7.47. The number of aliphatic carboxylic acids is 1. The van der Waals surface area contributed by atoms with Crippen LogP contribution in [0.5, 0.6) is 0 Å². The van der Waals surface area contributed by atoms with Gasteiger partial charge in [0.25, 0.3) is 0 Å². The zero-order valence-corrected chi connectivity index (χ0v) is 17.7. The van der Waals surface area contributed by atoms with Crippen LogP contribution in [0.2, 0.25) is 0 Å². The van der Waals surface area contributed by atoms with Crippen LogP contribution in [0.15, 0.2) is 42.7 Å². The van der Waals surface area contributed by atoms with E-state index in [1.54, 1.807) is 17.5 Å². The van der Waals surface area contributed by atoms with Gasteiger partial charge in [-0.3, -0.25) is 4.79 Å². The SMILES string of the molecule is CCc1ccnc(Nc2cccc(-c3cnc(N4CCC(CC(=O)O)CC4)s3)n2)c1. The summed E-state index contributed by atoms with van der Waals surface area (Å²) >= 11 is 1.62. The number of nitrogens with one attached hydrogen (secondary N) is 1. The van der Waals surface area contributed by atoms with Gasteiger partial charge in [-0.2, -0.15) is 0 Å². The van der Waals surface area contributed by atoms with E-state index in [2.05, 4.69) is 27.1 Å². The summed E-state index contributed by atoms with van der Waals surface area (Å²) in [5, 5.41) is 13.2. The van der Waals surface area contributed by atoms with E-state index in [4.69, 9.17) is 10.1 Å². The Morgan fingerprint density at radius 2 is 2.07 bits per heavy atom. The number of carboxylic acid groups (broad SMARTS) is 1. The topological polar surface area (TPSA) is 91.2 Å². The fourth-order valence-electron chi connectivity index (χ4n) is 3.64. The molecule has 7 nitrogen and oxygen atoms in total. The zero-order valence-electron chi connectivity index (χ0n) is 16.9. The van der Waals surface area contributed by atoms with Gasteiger partial charge in [0.1, 0.15) is 11.6 Å². The molecule has 1 fully saturated rings. The monoisotopic (exact) mass is 423 g/mol. The predicted octanol–water partition coefficient (Wildman–Crippen LogP) is 4.60. The minimum Gasteiger partial charge on any atom is -0.481 e. The maximum Gasteiger partial charge on any atom is 0.303 e. The van der Waals surface area contributed by atoms with Crippen molar-refractivity contribution < 1.29 is 9.90 Å². The standard InChI is InChI=1S/C22H25N5O2S/c1-2-15-6-9-23-20(12-15)26-19-5-3-4-17(25-19)18-14-24-22(30-18)27-10-7-16(8-11-27)13-21(28)29/h3-6,9,12,14,16H,2,7-8,10-11,13H2,1H3,(H,28,29)(H,23,25,26). The lowest BCUT2D eigenvalue weighted by Gasteiger charge is -2.30. The van der Waals surface area contributed by atoms with Gasteiger partial charge in [-0.05, 0) is 55.0 Å². The van der Waals surface area contributed by atoms with Gasteiger partial charge < -0.3 is 15.3 Å². The molecule has 4 rings (SSSR count). The number of aromatic nitrogens is 3. The lowest BCUT2D eigenvalue weighted by Crippen LogP contribution is -2.34. The molecule has 0 spiro atoms. The summed E-state index contributed by atoms with van der Waals surface area (Å²) in [6.45, 7) is 3.81. The minimum absolute atomic E-state index is 0.261. The quantitative estimate of drug-likeness (QED) is 0.574. The predicted molar refractivity (Wildman–Crippen MR) is 119 cm³/mol. The van der Waals surface area contributed by atoms with Crippen molar-refractivity contribution in [3.05, 3.63) is 48.3 Å². The smallest absolute Gasteiger partial charge is 0.303 e. The Balaban J connectivity index is 1.43. The molecule has 0 aliphatic carbocycles. The van der Waals surface area contributed by atoms with E-state index in [1.165, 1.54) is 5.56 Å². The van der Waals surface area contributed by atoms with Crippen molar-refractivity contribution in [3.63, 3.8) is 0 Å². The van der Waals surface area contributed by atoms with E-state index in [1.807, 2.05) is 36.5 Å². The third kappa shape index (κ3) is 4.94. The highest BCUT2D eigenvalue weighted by atomic mass is 32.1. The Morgan fingerprint density at radius 1 is 1.23 bits per heavy atom. The van der Waals surface area contributed by atoms with Crippen LogP contribution >= 0.6 is 11.3 Å². The zero-order chi connectivity index (χ0) is 20.9. The van der Waals surface area contributed by atoms with Crippen molar-refractivity contribution in [2.24, 2.45) is 5.92 Å². The maximum absolute atomic E-state index is 10.9. The normalized spacial score (nSPS) is 14.6. The van der Waals surface area contributed by atoms with Crippen LogP contribution in [0.25, 0.3) is 10.6 Å². The van der Waals surface area contributed by atoms with E-state index in [0.29, 0.717) is 0 Å². The van der Waals surface area contributed by atoms with Crippen molar-refractivity contribution in [3.8, 4) is 10.6 Å². The minimum atomic E-state index is -0.707. The Labute approximate surface area is 179 Å². The third-order valence-electron chi connectivity index (χ3n) is 5.33. The molecule has 0 bridgehead atoms. The number of anilines is 3. The second-order valence-corrected chi connectivity index (χ2v) is 8.48. The molecule has 4 heterocycles. The molecule has 0 unspecified atom stereocenters. The molecule has 156 valence electrons. The number of nitrogens with zero attached hydrogens (tertiary/aromatic N) is 4. The lowest BCUT2D eigenvalue weighted by atomic mass is 9.94. The number of pyridine rings is 2. The first kappa shape index (κ1) is 20.3. The molecule has 1 saturated heterocycles. The van der Waals surface area contributed by atoms with Crippen LogP contribution in [-0.2, 0) is 11.2 Å². The Morgan fingerprint density at radius 3 is 2.83 bits per heavy atom. The molecule has 1 aliphatic rings. The van der Waals surface area contributed by atoms with Gasteiger partial charge in [0.15, 0.2) is 5.13 Å². The Kier molecular flexibility index (Phi) is 6.23. The van der Waals surface area contributed by atoms with Gasteiger partial charge >= 0.3 is 5.97 Å². The highest BCUT2D eigenvalue weighted by Crippen LogP contribution is 2.33. The van der Waals surface area contributed by atoms with Crippen LogP contribution in [-0.4, -0.2) is 39.1 Å². The molecule has 2 N–H and O–H groups in total. The number of aryl methyl sites for hydroxylation is 1. The average molecular weight is 424 g/mol. The molecule has 0 radical (unpaired) electrons. The van der Waals surface area contributed by atoms with Gasteiger partial charge in [-0.25, -0.2) is 15.0 Å². The van der Waals surface area contributed by atoms with Crippen LogP contribution in [0, 0.1) is 5.92 Å². The van der Waals surface area contributed by atoms with Crippen molar-refractivity contribution in [2.75, 3.05) is 23.3 Å². The molecule has 1 aliphatic heterocycles. The Hall–Kier alpha value is -3.00. The number of carboxylic acids is 1. The fraction of sp³-hybridized carbons (Fsp3) is 0.364. The van der Waals surface area contributed by atoms with E-state index in [9.17, 15) is 4.79 Å². The number of piperidine rings is 1. The number of thiazole rings is 1. The molecule has 0 saturated carbocycles. The summed E-state index contributed by atoms with van der Waals surface area (Å²) in [6.07, 6.45) is 6.68.